The molecule has 5 heteroatoms. The fraction of sp³-hybridized carbons (Fsp3) is 0.800. The second kappa shape index (κ2) is 7.09. The van der Waals surface area contributed by atoms with E-state index in [0.29, 0.717) is 6.61 Å². The number of rotatable bonds is 5. The molecular weight excluding hydrogens is 198 g/mol. The van der Waals surface area contributed by atoms with Crippen LogP contribution in [0, 0.1) is 5.92 Å². The molecule has 5 nitrogen and oxygen atoms in total. The summed E-state index contributed by atoms with van der Waals surface area (Å²) in [5.74, 6) is -0.166. The Bertz CT molecular complexity index is 215. The van der Waals surface area contributed by atoms with Crippen molar-refractivity contribution >= 4 is 12.1 Å². The van der Waals surface area contributed by atoms with Crippen molar-refractivity contribution in [3.05, 3.63) is 0 Å². The summed E-state index contributed by atoms with van der Waals surface area (Å²) in [7, 11) is 0. The van der Waals surface area contributed by atoms with E-state index in [1.54, 1.807) is 13.8 Å². The van der Waals surface area contributed by atoms with Gasteiger partial charge in [-0.05, 0) is 19.8 Å². The summed E-state index contributed by atoms with van der Waals surface area (Å²) in [4.78, 5) is 22.2. The molecule has 0 heterocycles. The Hall–Kier alpha value is -1.26. The molecule has 0 aliphatic rings. The Labute approximate surface area is 90.1 Å². The first-order chi connectivity index (χ1) is 6.97. The maximum absolute atomic E-state index is 11.3. The summed E-state index contributed by atoms with van der Waals surface area (Å²) < 4.78 is 9.57. The van der Waals surface area contributed by atoms with Crippen molar-refractivity contribution in [2.45, 2.75) is 33.7 Å². The summed E-state index contributed by atoms with van der Waals surface area (Å²) in [5.41, 5.74) is 0. The number of carbonyl (C=O) groups excluding carboxylic acids is 2. The van der Waals surface area contributed by atoms with Crippen LogP contribution in [0.3, 0.4) is 0 Å². The van der Waals surface area contributed by atoms with Crippen molar-refractivity contribution in [1.29, 1.82) is 0 Å². The van der Waals surface area contributed by atoms with Crippen LogP contribution in [-0.4, -0.2) is 31.3 Å². The van der Waals surface area contributed by atoms with Crippen molar-refractivity contribution in [2.75, 3.05) is 13.2 Å². The van der Waals surface area contributed by atoms with E-state index in [0.717, 1.165) is 0 Å². The summed E-state index contributed by atoms with van der Waals surface area (Å²) in [6, 6.07) is -0.678. The molecule has 0 unspecified atom stereocenters. The molecule has 0 aromatic carbocycles. The average molecular weight is 217 g/mol. The predicted molar refractivity (Wildman–Crippen MR) is 55.4 cm³/mol. The number of alkyl carbamates (subject to hydrolysis) is 1. The number of carbonyl (C=O) groups is 2. The zero-order valence-electron chi connectivity index (χ0n) is 9.70. The van der Waals surface area contributed by atoms with Crippen molar-refractivity contribution < 1.29 is 19.1 Å². The normalized spacial score (nSPS) is 12.1. The molecule has 0 aliphatic heterocycles. The second-order valence-electron chi connectivity index (χ2n) is 3.61. The maximum atomic E-state index is 11.3. The second-order valence-corrected chi connectivity index (χ2v) is 3.61. The molecule has 1 amide bonds. The van der Waals surface area contributed by atoms with E-state index < -0.39 is 18.1 Å². The quantitative estimate of drug-likeness (QED) is 0.705. The lowest BCUT2D eigenvalue weighted by Gasteiger charge is -2.13. The molecule has 0 aliphatic carbocycles. The van der Waals surface area contributed by atoms with E-state index in [-0.39, 0.29) is 12.5 Å². The molecule has 0 saturated heterocycles. The van der Waals surface area contributed by atoms with Crippen molar-refractivity contribution in [3.8, 4) is 0 Å². The van der Waals surface area contributed by atoms with Gasteiger partial charge in [0.1, 0.15) is 6.04 Å². The molecule has 0 saturated carbocycles. The molecule has 15 heavy (non-hydrogen) atoms. The Morgan fingerprint density at radius 1 is 1.20 bits per heavy atom. The minimum atomic E-state index is -0.678. The van der Waals surface area contributed by atoms with Crippen LogP contribution in [0.5, 0.6) is 0 Å². The van der Waals surface area contributed by atoms with E-state index in [1.165, 1.54) is 0 Å². The van der Waals surface area contributed by atoms with Gasteiger partial charge in [-0.3, -0.25) is 0 Å². The first-order valence-corrected chi connectivity index (χ1v) is 5.07. The Kier molecular flexibility index (Phi) is 6.49. The van der Waals surface area contributed by atoms with Crippen LogP contribution in [0.1, 0.15) is 27.7 Å². The molecule has 0 fully saturated rings. The molecule has 0 aromatic heterocycles. The molecule has 0 aromatic rings. The predicted octanol–water partition coefficient (Wildman–Crippen LogP) is 1.32. The lowest BCUT2D eigenvalue weighted by molar-refractivity contribution is -0.146. The first-order valence-electron chi connectivity index (χ1n) is 5.07. The minimum Gasteiger partial charge on any atom is -0.464 e. The van der Waals surface area contributed by atoms with Crippen LogP contribution in [0.25, 0.3) is 0 Å². The van der Waals surface area contributed by atoms with Gasteiger partial charge in [0, 0.05) is 0 Å². The van der Waals surface area contributed by atoms with Crippen LogP contribution in [0.4, 0.5) is 4.79 Å². The highest BCUT2D eigenvalue weighted by Gasteiger charge is 2.17. The van der Waals surface area contributed by atoms with E-state index in [9.17, 15) is 9.59 Å². The standard InChI is InChI=1S/C10H19NO4/c1-5-14-10(13)11-8(4)9(12)15-6-7(2)3/h7-8H,5-6H2,1-4H3,(H,11,13)/t8-/m0/s1. The fourth-order valence-corrected chi connectivity index (χ4v) is 0.782. The van der Waals surface area contributed by atoms with Gasteiger partial charge in [0.05, 0.1) is 13.2 Å². The van der Waals surface area contributed by atoms with E-state index in [1.807, 2.05) is 13.8 Å². The zero-order chi connectivity index (χ0) is 11.8. The SMILES string of the molecule is CCOC(=O)N[C@@H](C)C(=O)OCC(C)C. The van der Waals surface area contributed by atoms with Crippen LogP contribution in [-0.2, 0) is 14.3 Å². The highest BCUT2D eigenvalue weighted by atomic mass is 16.6. The lowest BCUT2D eigenvalue weighted by Crippen LogP contribution is -2.40. The molecule has 88 valence electrons. The topological polar surface area (TPSA) is 64.6 Å². The van der Waals surface area contributed by atoms with Gasteiger partial charge >= 0.3 is 12.1 Å². The van der Waals surface area contributed by atoms with E-state index >= 15 is 0 Å². The number of nitrogens with one attached hydrogen (secondary N) is 1. The summed E-state index contributed by atoms with van der Waals surface area (Å²) >= 11 is 0. The van der Waals surface area contributed by atoms with Gasteiger partial charge in [0.25, 0.3) is 0 Å². The number of amides is 1. The molecule has 1 atom stereocenters. The van der Waals surface area contributed by atoms with Crippen LogP contribution in [0.15, 0.2) is 0 Å². The zero-order valence-corrected chi connectivity index (χ0v) is 9.70. The van der Waals surface area contributed by atoms with E-state index in [2.05, 4.69) is 10.1 Å². The van der Waals surface area contributed by atoms with Gasteiger partial charge in [0.2, 0.25) is 0 Å². The molecule has 0 rings (SSSR count). The van der Waals surface area contributed by atoms with E-state index in [4.69, 9.17) is 4.74 Å². The molecular formula is C10H19NO4. The van der Waals surface area contributed by atoms with Crippen molar-refractivity contribution in [3.63, 3.8) is 0 Å². The highest BCUT2D eigenvalue weighted by Crippen LogP contribution is 1.96. The molecule has 0 bridgehead atoms. The Balaban J connectivity index is 3.83. The minimum absolute atomic E-state index is 0.277. The van der Waals surface area contributed by atoms with Gasteiger partial charge in [0.15, 0.2) is 0 Å². The van der Waals surface area contributed by atoms with Crippen LogP contribution >= 0.6 is 0 Å². The lowest BCUT2D eigenvalue weighted by atomic mass is 10.2. The van der Waals surface area contributed by atoms with Gasteiger partial charge in [-0.1, -0.05) is 13.8 Å². The van der Waals surface area contributed by atoms with Crippen molar-refractivity contribution in [1.82, 2.24) is 5.32 Å². The number of hydrogen-bond donors (Lipinski definition) is 1. The largest absolute Gasteiger partial charge is 0.464 e. The highest BCUT2D eigenvalue weighted by molar-refractivity contribution is 5.80. The Morgan fingerprint density at radius 2 is 1.80 bits per heavy atom. The summed E-state index contributed by atoms with van der Waals surface area (Å²) in [6.45, 7) is 7.77. The third kappa shape index (κ3) is 6.76. The monoisotopic (exact) mass is 217 g/mol. The first kappa shape index (κ1) is 13.7. The number of hydrogen-bond acceptors (Lipinski definition) is 4. The fourth-order valence-electron chi connectivity index (χ4n) is 0.782. The smallest absolute Gasteiger partial charge is 0.407 e. The molecule has 0 radical (unpaired) electrons. The molecule has 1 N–H and O–H groups in total. The van der Waals surface area contributed by atoms with Gasteiger partial charge in [-0.15, -0.1) is 0 Å². The number of ether oxygens (including phenoxy) is 2. The Morgan fingerprint density at radius 3 is 2.27 bits per heavy atom. The van der Waals surface area contributed by atoms with Gasteiger partial charge < -0.3 is 14.8 Å². The third-order valence-corrected chi connectivity index (χ3v) is 1.52. The summed E-state index contributed by atoms with van der Waals surface area (Å²) in [6.07, 6.45) is -0.605. The van der Waals surface area contributed by atoms with Crippen molar-refractivity contribution in [2.24, 2.45) is 5.92 Å². The molecule has 0 spiro atoms. The summed E-state index contributed by atoms with van der Waals surface area (Å²) in [5, 5.41) is 2.37. The third-order valence-electron chi connectivity index (χ3n) is 1.52. The van der Waals surface area contributed by atoms with Crippen LogP contribution < -0.4 is 5.32 Å². The maximum Gasteiger partial charge on any atom is 0.407 e. The van der Waals surface area contributed by atoms with Gasteiger partial charge in [-0.2, -0.15) is 0 Å². The number of esters is 1. The van der Waals surface area contributed by atoms with Gasteiger partial charge in [-0.25, -0.2) is 9.59 Å². The average Bonchev–Trinajstić information content (AvgIpc) is 2.14. The van der Waals surface area contributed by atoms with Crippen LogP contribution in [0.2, 0.25) is 0 Å².